The molecule has 0 spiro atoms. The van der Waals surface area contributed by atoms with Gasteiger partial charge >= 0.3 is 57.0 Å². The predicted octanol–water partition coefficient (Wildman–Crippen LogP) is 3.85. The van der Waals surface area contributed by atoms with Crippen LogP contribution in [0.2, 0.25) is 0 Å². The standard InChI is InChI=1S/C6H6O2Se.3C6H6.Sn/c7-9(8)6-4-2-1-3-5-6;3*1-2-4-6-5-3-1;/h1-5H,(H,7,8);3*1-6H;/p-1. The molecule has 0 saturated heterocycles. The summed E-state index contributed by atoms with van der Waals surface area (Å²) in [6.45, 7) is 0. The van der Waals surface area contributed by atoms with Crippen molar-refractivity contribution < 1.29 is 8.02 Å². The van der Waals surface area contributed by atoms with Gasteiger partial charge in [-0.05, 0) is 0 Å². The Morgan fingerprint density at radius 3 is 0.750 bits per heavy atom. The Bertz CT molecular complexity index is 644. The van der Waals surface area contributed by atoms with E-state index in [1.54, 1.807) is 30.3 Å². The van der Waals surface area contributed by atoms with Crippen LogP contribution in [-0.2, 0) is 3.83 Å². The average molecular weight is 541 g/mol. The van der Waals surface area contributed by atoms with Crippen LogP contribution in [0.5, 0.6) is 0 Å². The molecule has 0 bridgehead atoms. The van der Waals surface area contributed by atoms with Gasteiger partial charge < -0.3 is 0 Å². The molecule has 0 N–H and O–H groups in total. The van der Waals surface area contributed by atoms with E-state index in [1.807, 2.05) is 109 Å². The van der Waals surface area contributed by atoms with Crippen LogP contribution in [0.15, 0.2) is 140 Å². The second-order valence-corrected chi connectivity index (χ2v) is 6.99. The number of benzene rings is 4. The van der Waals surface area contributed by atoms with E-state index in [1.165, 1.54) is 0 Å². The second-order valence-electron chi connectivity index (χ2n) is 5.01. The molecule has 28 heavy (non-hydrogen) atoms. The first-order valence-corrected chi connectivity index (χ1v) is 10.7. The molecule has 0 aromatic heterocycles. The van der Waals surface area contributed by atoms with Crippen LogP contribution >= 0.6 is 0 Å². The van der Waals surface area contributed by atoms with Gasteiger partial charge in [-0.15, -0.1) is 0 Å². The topological polar surface area (TPSA) is 40.1 Å². The van der Waals surface area contributed by atoms with Crippen LogP contribution in [0.1, 0.15) is 0 Å². The normalized spacial score (nSPS) is 9.32. The molecule has 142 valence electrons. The molecule has 4 rings (SSSR count). The van der Waals surface area contributed by atoms with E-state index in [2.05, 4.69) is 0 Å². The maximum atomic E-state index is 10.3. The molecule has 4 aromatic rings. The molecule has 4 aromatic carbocycles. The third-order valence-corrected chi connectivity index (χ3v) is 4.31. The van der Waals surface area contributed by atoms with E-state index >= 15 is 0 Å². The molecule has 0 aliphatic carbocycles. The molecule has 4 radical (unpaired) electrons. The summed E-state index contributed by atoms with van der Waals surface area (Å²) in [7, 11) is 0. The monoisotopic (exact) mass is 543 g/mol. The summed E-state index contributed by atoms with van der Waals surface area (Å²) in [5.74, 6) is 0. The zero-order valence-corrected chi connectivity index (χ0v) is 20.1. The van der Waals surface area contributed by atoms with Crippen molar-refractivity contribution in [3.05, 3.63) is 140 Å². The largest absolute Gasteiger partial charge is 0.0623 e. The molecule has 1 atom stereocenters. The first-order valence-electron chi connectivity index (χ1n) is 8.45. The van der Waals surface area contributed by atoms with Gasteiger partial charge in [0.05, 0.1) is 0 Å². The van der Waals surface area contributed by atoms with Gasteiger partial charge in [-0.25, -0.2) is 0 Å². The molecule has 0 amide bonds. The Morgan fingerprint density at radius 2 is 0.607 bits per heavy atom. The minimum Gasteiger partial charge on any atom is -0.0623 e. The number of hydrogen-bond acceptors (Lipinski definition) is 2. The summed E-state index contributed by atoms with van der Waals surface area (Å²) in [5.41, 5.74) is 0. The van der Waals surface area contributed by atoms with E-state index < -0.39 is 14.2 Å². The van der Waals surface area contributed by atoms with Crippen LogP contribution in [0.25, 0.3) is 0 Å². The summed E-state index contributed by atoms with van der Waals surface area (Å²) < 4.78 is 21.0. The summed E-state index contributed by atoms with van der Waals surface area (Å²) in [6, 6.07) is 44.4. The Kier molecular flexibility index (Phi) is 18.3. The van der Waals surface area contributed by atoms with Crippen molar-refractivity contribution in [2.24, 2.45) is 0 Å². The molecule has 0 aliphatic rings. The van der Waals surface area contributed by atoms with E-state index in [-0.39, 0.29) is 23.9 Å². The van der Waals surface area contributed by atoms with Gasteiger partial charge in [0, 0.05) is 23.9 Å². The minimum absolute atomic E-state index is 0. The fourth-order valence-electron chi connectivity index (χ4n) is 1.69. The van der Waals surface area contributed by atoms with Crippen molar-refractivity contribution in [3.63, 3.8) is 0 Å². The van der Waals surface area contributed by atoms with Crippen molar-refractivity contribution in [3.8, 4) is 0 Å². The molecule has 2 nitrogen and oxygen atoms in total. The van der Waals surface area contributed by atoms with E-state index in [0.29, 0.717) is 4.46 Å². The molecule has 4 heteroatoms. The number of hydrogen-bond donors (Lipinski definition) is 0. The van der Waals surface area contributed by atoms with Crippen molar-refractivity contribution in [2.75, 3.05) is 0 Å². The average Bonchev–Trinajstić information content (AvgIpc) is 2.79. The molecular formula is C24H23O2SeSn-. The molecule has 1 unspecified atom stereocenters. The fourth-order valence-corrected chi connectivity index (χ4v) is 2.48. The van der Waals surface area contributed by atoms with Gasteiger partial charge in [0.1, 0.15) is 0 Å². The molecule has 0 saturated carbocycles. The Hall–Kier alpha value is -2.04. The summed E-state index contributed by atoms with van der Waals surface area (Å²) in [4.78, 5) is 0. The zero-order chi connectivity index (χ0) is 19.4. The summed E-state index contributed by atoms with van der Waals surface area (Å²) >= 11 is -2.91. The summed E-state index contributed by atoms with van der Waals surface area (Å²) in [5, 5.41) is 0. The van der Waals surface area contributed by atoms with E-state index in [4.69, 9.17) is 0 Å². The minimum atomic E-state index is -2.91. The smallest absolute Gasteiger partial charge is 0 e. The third kappa shape index (κ3) is 16.2. The van der Waals surface area contributed by atoms with Gasteiger partial charge in [-0.2, -0.15) is 0 Å². The van der Waals surface area contributed by atoms with Crippen LogP contribution in [0.4, 0.5) is 0 Å². The van der Waals surface area contributed by atoms with Crippen LogP contribution < -0.4 is 8.65 Å². The maximum absolute atomic E-state index is 10.3. The van der Waals surface area contributed by atoms with Gasteiger partial charge in [-0.1, -0.05) is 109 Å². The maximum Gasteiger partial charge on any atom is 0 e. The molecule has 0 heterocycles. The van der Waals surface area contributed by atoms with Gasteiger partial charge in [0.15, 0.2) is 0 Å². The van der Waals surface area contributed by atoms with Gasteiger partial charge in [-0.3, -0.25) is 0 Å². The Labute approximate surface area is 189 Å². The van der Waals surface area contributed by atoms with Crippen molar-refractivity contribution in [2.45, 2.75) is 0 Å². The number of rotatable bonds is 1. The molecule has 0 fully saturated rings. The van der Waals surface area contributed by atoms with Crippen LogP contribution in [0, 0.1) is 0 Å². The fraction of sp³-hybridized carbons (Fsp3) is 0. The Morgan fingerprint density at radius 1 is 0.429 bits per heavy atom. The molecule has 0 aliphatic heterocycles. The van der Waals surface area contributed by atoms with Gasteiger partial charge in [0.25, 0.3) is 0 Å². The quantitative estimate of drug-likeness (QED) is 0.344. The van der Waals surface area contributed by atoms with E-state index in [0.717, 1.165) is 0 Å². The van der Waals surface area contributed by atoms with Crippen molar-refractivity contribution >= 4 is 42.5 Å². The second kappa shape index (κ2) is 19.7. The summed E-state index contributed by atoms with van der Waals surface area (Å²) in [6.07, 6.45) is 0. The Balaban J connectivity index is 0.000000349. The SMILES string of the molecule is O=[Se]([O-])c1ccccc1.[Sn].c1ccccc1.c1ccccc1.c1ccccc1. The predicted molar refractivity (Wildman–Crippen MR) is 118 cm³/mol. The first-order chi connectivity index (χ1) is 13.3. The zero-order valence-electron chi connectivity index (χ0n) is 15.5. The first kappa shape index (κ1) is 26.0. The molecular weight excluding hydrogens is 518 g/mol. The van der Waals surface area contributed by atoms with Crippen LogP contribution in [-0.4, -0.2) is 38.1 Å². The van der Waals surface area contributed by atoms with Crippen molar-refractivity contribution in [1.29, 1.82) is 0 Å². The van der Waals surface area contributed by atoms with Crippen LogP contribution in [0.3, 0.4) is 0 Å². The van der Waals surface area contributed by atoms with Gasteiger partial charge in [0.2, 0.25) is 0 Å². The van der Waals surface area contributed by atoms with Crippen molar-refractivity contribution in [1.82, 2.24) is 0 Å². The third-order valence-electron chi connectivity index (χ3n) is 2.94. The van der Waals surface area contributed by atoms with E-state index in [9.17, 15) is 8.02 Å².